The van der Waals surface area contributed by atoms with Crippen molar-refractivity contribution in [1.29, 1.82) is 0 Å². The van der Waals surface area contributed by atoms with Crippen LogP contribution in [0.15, 0.2) is 6.07 Å². The minimum atomic E-state index is -0.960. The molecule has 1 heterocycles. The van der Waals surface area contributed by atoms with Crippen LogP contribution in [-0.4, -0.2) is 20.9 Å². The highest BCUT2D eigenvalue weighted by atomic mass is 16.4. The minimum absolute atomic E-state index is 0.133. The van der Waals surface area contributed by atoms with E-state index in [-0.39, 0.29) is 5.69 Å². The van der Waals surface area contributed by atoms with Gasteiger partial charge in [-0.3, -0.25) is 4.68 Å². The fourth-order valence-electron chi connectivity index (χ4n) is 1.15. The fraction of sp³-hybridized carbons (Fsp3) is 0.636. The van der Waals surface area contributed by atoms with Crippen LogP contribution < -0.4 is 0 Å². The van der Waals surface area contributed by atoms with Crippen LogP contribution in [0, 0.1) is 6.92 Å². The summed E-state index contributed by atoms with van der Waals surface area (Å²) in [5.74, 6) is -0.960. The lowest BCUT2D eigenvalue weighted by Gasteiger charge is -2.00. The summed E-state index contributed by atoms with van der Waals surface area (Å²) in [5, 5.41) is 12.6. The molecule has 86 valence electrons. The van der Waals surface area contributed by atoms with Crippen molar-refractivity contribution in [3.05, 3.63) is 17.5 Å². The summed E-state index contributed by atoms with van der Waals surface area (Å²) in [6, 6.07) is 1.60. The van der Waals surface area contributed by atoms with Crippen molar-refractivity contribution in [1.82, 2.24) is 9.78 Å². The number of aromatic nitrogens is 2. The highest BCUT2D eigenvalue weighted by molar-refractivity contribution is 5.85. The molecule has 0 aliphatic rings. The molecule has 0 atom stereocenters. The van der Waals surface area contributed by atoms with Crippen LogP contribution in [-0.2, 0) is 6.54 Å². The lowest BCUT2D eigenvalue weighted by molar-refractivity contribution is 0.0689. The first kappa shape index (κ1) is 13.7. The molecule has 0 bridgehead atoms. The average molecular weight is 212 g/mol. The van der Waals surface area contributed by atoms with Gasteiger partial charge in [0.25, 0.3) is 0 Å². The second-order valence-electron chi connectivity index (χ2n) is 3.05. The zero-order valence-electron chi connectivity index (χ0n) is 9.95. The average Bonchev–Trinajstić information content (AvgIpc) is 2.60. The number of unbranched alkanes of at least 4 members (excludes halogenated alkanes) is 1. The molecule has 0 aliphatic heterocycles. The van der Waals surface area contributed by atoms with Gasteiger partial charge in [0.1, 0.15) is 0 Å². The Morgan fingerprint density at radius 1 is 1.53 bits per heavy atom. The largest absolute Gasteiger partial charge is 0.476 e. The molecule has 0 aromatic carbocycles. The number of carbonyl (C=O) groups is 1. The van der Waals surface area contributed by atoms with E-state index < -0.39 is 5.97 Å². The normalized spacial score (nSPS) is 9.33. The zero-order valence-corrected chi connectivity index (χ0v) is 9.95. The van der Waals surface area contributed by atoms with Crippen molar-refractivity contribution < 1.29 is 9.90 Å². The third-order valence-corrected chi connectivity index (χ3v) is 1.92. The van der Waals surface area contributed by atoms with Crippen molar-refractivity contribution in [3.8, 4) is 0 Å². The quantitative estimate of drug-likeness (QED) is 0.834. The molecule has 0 fully saturated rings. The number of carboxylic acid groups (broad SMARTS) is 1. The minimum Gasteiger partial charge on any atom is -0.476 e. The van der Waals surface area contributed by atoms with E-state index in [1.54, 1.807) is 10.7 Å². The zero-order chi connectivity index (χ0) is 11.8. The number of hydrogen-bond donors (Lipinski definition) is 1. The molecule has 0 radical (unpaired) electrons. The topological polar surface area (TPSA) is 55.1 Å². The molecule has 1 aromatic heterocycles. The molecule has 1 N–H and O–H groups in total. The van der Waals surface area contributed by atoms with Crippen molar-refractivity contribution in [2.75, 3.05) is 0 Å². The Labute approximate surface area is 90.9 Å². The highest BCUT2D eigenvalue weighted by Gasteiger charge is 2.09. The smallest absolute Gasteiger partial charge is 0.356 e. The first-order valence-electron chi connectivity index (χ1n) is 5.43. The van der Waals surface area contributed by atoms with Crippen LogP contribution in [0.3, 0.4) is 0 Å². The maximum atomic E-state index is 10.6. The number of carboxylic acids is 1. The van der Waals surface area contributed by atoms with E-state index in [1.165, 1.54) is 0 Å². The van der Waals surface area contributed by atoms with Crippen LogP contribution in [0.25, 0.3) is 0 Å². The first-order chi connectivity index (χ1) is 7.15. The van der Waals surface area contributed by atoms with E-state index in [0.29, 0.717) is 0 Å². The predicted octanol–water partition coefficient (Wildman–Crippen LogP) is 2.72. The molecule has 0 aliphatic carbocycles. The number of aryl methyl sites for hydroxylation is 2. The van der Waals surface area contributed by atoms with Crippen LogP contribution in [0.4, 0.5) is 0 Å². The van der Waals surface area contributed by atoms with Crippen LogP contribution >= 0.6 is 0 Å². The highest BCUT2D eigenvalue weighted by Crippen LogP contribution is 2.04. The van der Waals surface area contributed by atoms with E-state index in [9.17, 15) is 4.79 Å². The van der Waals surface area contributed by atoms with E-state index in [0.717, 1.165) is 25.1 Å². The summed E-state index contributed by atoms with van der Waals surface area (Å²) in [7, 11) is 0. The van der Waals surface area contributed by atoms with Gasteiger partial charge < -0.3 is 5.11 Å². The fourth-order valence-corrected chi connectivity index (χ4v) is 1.15. The summed E-state index contributed by atoms with van der Waals surface area (Å²) in [6.45, 7) is 8.77. The van der Waals surface area contributed by atoms with Crippen LogP contribution in [0.2, 0.25) is 0 Å². The summed E-state index contributed by atoms with van der Waals surface area (Å²) in [5.41, 5.74) is 1.04. The molecular weight excluding hydrogens is 192 g/mol. The number of nitrogens with zero attached hydrogens (tertiary/aromatic N) is 2. The molecule has 4 heteroatoms. The van der Waals surface area contributed by atoms with E-state index in [4.69, 9.17) is 5.11 Å². The van der Waals surface area contributed by atoms with E-state index in [1.807, 2.05) is 20.8 Å². The van der Waals surface area contributed by atoms with Gasteiger partial charge in [-0.05, 0) is 19.4 Å². The third-order valence-electron chi connectivity index (χ3n) is 1.92. The predicted molar refractivity (Wildman–Crippen MR) is 60.2 cm³/mol. The Kier molecular flexibility index (Phi) is 6.42. The Morgan fingerprint density at radius 3 is 2.53 bits per heavy atom. The van der Waals surface area contributed by atoms with Crippen molar-refractivity contribution in [3.63, 3.8) is 0 Å². The van der Waals surface area contributed by atoms with Gasteiger partial charge in [-0.1, -0.05) is 27.2 Å². The van der Waals surface area contributed by atoms with Gasteiger partial charge in [0.15, 0.2) is 5.69 Å². The second-order valence-corrected chi connectivity index (χ2v) is 3.05. The molecule has 0 spiro atoms. The summed E-state index contributed by atoms with van der Waals surface area (Å²) >= 11 is 0. The molecule has 0 amide bonds. The van der Waals surface area contributed by atoms with Crippen molar-refractivity contribution >= 4 is 5.97 Å². The number of aromatic carboxylic acids is 1. The first-order valence-corrected chi connectivity index (χ1v) is 5.43. The standard InChI is InChI=1S/C9H14N2O2.C2H6/c1-3-4-5-11-7(2)6-8(10-11)9(12)13;1-2/h6H,3-5H2,1-2H3,(H,12,13);1-2H3. The Hall–Kier alpha value is -1.32. The molecular formula is C11H20N2O2. The number of hydrogen-bond acceptors (Lipinski definition) is 2. The lowest BCUT2D eigenvalue weighted by atomic mass is 10.3. The van der Waals surface area contributed by atoms with Crippen molar-refractivity contribution in [2.24, 2.45) is 0 Å². The van der Waals surface area contributed by atoms with Gasteiger partial charge in [0.2, 0.25) is 0 Å². The maximum Gasteiger partial charge on any atom is 0.356 e. The SMILES string of the molecule is CC.CCCCn1nc(C(=O)O)cc1C. The van der Waals surface area contributed by atoms with Gasteiger partial charge in [-0.15, -0.1) is 0 Å². The van der Waals surface area contributed by atoms with Gasteiger partial charge in [-0.2, -0.15) is 5.10 Å². The Balaban J connectivity index is 0.000000921. The molecule has 1 aromatic rings. The summed E-state index contributed by atoms with van der Waals surface area (Å²) in [6.07, 6.45) is 2.11. The van der Waals surface area contributed by atoms with Gasteiger partial charge >= 0.3 is 5.97 Å². The maximum absolute atomic E-state index is 10.6. The van der Waals surface area contributed by atoms with Crippen LogP contribution in [0.5, 0.6) is 0 Å². The lowest BCUT2D eigenvalue weighted by Crippen LogP contribution is -2.04. The monoisotopic (exact) mass is 212 g/mol. The van der Waals surface area contributed by atoms with Gasteiger partial charge in [0, 0.05) is 12.2 Å². The van der Waals surface area contributed by atoms with Crippen LogP contribution in [0.1, 0.15) is 49.8 Å². The molecule has 4 nitrogen and oxygen atoms in total. The molecule has 0 saturated carbocycles. The Bertz CT molecular complexity index is 306. The summed E-state index contributed by atoms with van der Waals surface area (Å²) in [4.78, 5) is 10.6. The summed E-state index contributed by atoms with van der Waals surface area (Å²) < 4.78 is 1.74. The molecule has 15 heavy (non-hydrogen) atoms. The van der Waals surface area contributed by atoms with Gasteiger partial charge in [0.05, 0.1) is 0 Å². The second kappa shape index (κ2) is 7.04. The Morgan fingerprint density at radius 2 is 2.13 bits per heavy atom. The molecule has 1 rings (SSSR count). The third kappa shape index (κ3) is 4.14. The van der Waals surface area contributed by atoms with E-state index >= 15 is 0 Å². The van der Waals surface area contributed by atoms with E-state index in [2.05, 4.69) is 12.0 Å². The number of rotatable bonds is 4. The van der Waals surface area contributed by atoms with Gasteiger partial charge in [-0.25, -0.2) is 4.79 Å². The molecule has 0 saturated heterocycles. The molecule has 0 unspecified atom stereocenters. The van der Waals surface area contributed by atoms with Crippen molar-refractivity contribution in [2.45, 2.75) is 47.1 Å².